The van der Waals surface area contributed by atoms with E-state index in [1.54, 1.807) is 0 Å². The number of nitrogens with one attached hydrogen (secondary N) is 2. The lowest BCUT2D eigenvalue weighted by Crippen LogP contribution is -2.49. The van der Waals surface area contributed by atoms with Crippen LogP contribution in [0.5, 0.6) is 0 Å². The van der Waals surface area contributed by atoms with Crippen molar-refractivity contribution in [2.24, 2.45) is 0 Å². The number of rotatable bonds is 4. The van der Waals surface area contributed by atoms with E-state index in [0.717, 1.165) is 0 Å². The fourth-order valence-electron chi connectivity index (χ4n) is 0.825. The third-order valence-corrected chi connectivity index (χ3v) is 1.67. The van der Waals surface area contributed by atoms with Gasteiger partial charge in [0.1, 0.15) is 6.04 Å². The zero-order valence-corrected chi connectivity index (χ0v) is 9.02. The lowest BCUT2D eigenvalue weighted by molar-refractivity contribution is -0.127. The van der Waals surface area contributed by atoms with Gasteiger partial charge in [-0.2, -0.15) is 12.6 Å². The quantitative estimate of drug-likeness (QED) is 0.562. The van der Waals surface area contributed by atoms with Crippen LogP contribution in [0.15, 0.2) is 0 Å². The summed E-state index contributed by atoms with van der Waals surface area (Å²) in [5.74, 6) is -0.115. The number of hydrogen-bond donors (Lipinski definition) is 3. The summed E-state index contributed by atoms with van der Waals surface area (Å²) in [5.41, 5.74) is 0. The predicted molar refractivity (Wildman–Crippen MR) is 54.7 cm³/mol. The molecule has 0 saturated carbocycles. The van der Waals surface area contributed by atoms with E-state index in [9.17, 15) is 9.59 Å². The Labute approximate surface area is 83.9 Å². The molecule has 0 aromatic rings. The molecule has 2 N–H and O–H groups in total. The Morgan fingerprint density at radius 2 is 1.85 bits per heavy atom. The largest absolute Gasteiger partial charge is 0.352 e. The summed E-state index contributed by atoms with van der Waals surface area (Å²) in [7, 11) is 0. The van der Waals surface area contributed by atoms with Crippen molar-refractivity contribution in [2.75, 3.05) is 5.75 Å². The first kappa shape index (κ1) is 12.3. The summed E-state index contributed by atoms with van der Waals surface area (Å²) in [5, 5.41) is 5.20. The van der Waals surface area contributed by atoms with Crippen LogP contribution in [-0.2, 0) is 9.59 Å². The van der Waals surface area contributed by atoms with Crippen molar-refractivity contribution in [2.45, 2.75) is 32.9 Å². The molecule has 2 amide bonds. The summed E-state index contributed by atoms with van der Waals surface area (Å²) in [6.07, 6.45) is 0. The van der Waals surface area contributed by atoms with Crippen LogP contribution in [0.3, 0.4) is 0 Å². The SMILES string of the molecule is CC(=O)NC(CS)C(=O)NC(C)C. The molecule has 76 valence electrons. The van der Waals surface area contributed by atoms with Crippen LogP contribution in [0.1, 0.15) is 20.8 Å². The molecular formula is C8H16N2O2S. The Kier molecular flexibility index (Phi) is 5.53. The highest BCUT2D eigenvalue weighted by Gasteiger charge is 2.17. The molecule has 13 heavy (non-hydrogen) atoms. The summed E-state index contributed by atoms with van der Waals surface area (Å²) >= 11 is 3.98. The molecule has 4 nitrogen and oxygen atoms in total. The molecular weight excluding hydrogens is 188 g/mol. The first-order valence-corrected chi connectivity index (χ1v) is 4.79. The van der Waals surface area contributed by atoms with E-state index in [1.807, 2.05) is 13.8 Å². The molecule has 0 spiro atoms. The Bertz CT molecular complexity index is 195. The molecule has 0 heterocycles. The fourth-order valence-corrected chi connectivity index (χ4v) is 1.08. The monoisotopic (exact) mass is 204 g/mol. The maximum atomic E-state index is 11.3. The number of carbonyl (C=O) groups excluding carboxylic acids is 2. The molecule has 1 unspecified atom stereocenters. The number of hydrogen-bond acceptors (Lipinski definition) is 3. The highest BCUT2D eigenvalue weighted by atomic mass is 32.1. The summed E-state index contributed by atoms with van der Waals surface area (Å²) in [6, 6.07) is -0.466. The molecule has 0 aliphatic rings. The van der Waals surface area contributed by atoms with Crippen molar-refractivity contribution in [3.05, 3.63) is 0 Å². The van der Waals surface area contributed by atoms with E-state index in [-0.39, 0.29) is 17.9 Å². The van der Waals surface area contributed by atoms with Gasteiger partial charge in [-0.1, -0.05) is 0 Å². The number of carbonyl (C=O) groups is 2. The maximum Gasteiger partial charge on any atom is 0.243 e. The van der Waals surface area contributed by atoms with Gasteiger partial charge in [-0.25, -0.2) is 0 Å². The van der Waals surface area contributed by atoms with E-state index < -0.39 is 6.04 Å². The molecule has 0 aliphatic carbocycles. The highest BCUT2D eigenvalue weighted by Crippen LogP contribution is 1.90. The molecule has 0 aromatic heterocycles. The average Bonchev–Trinajstić information content (AvgIpc) is 1.98. The van der Waals surface area contributed by atoms with Crippen LogP contribution >= 0.6 is 12.6 Å². The van der Waals surface area contributed by atoms with Crippen LogP contribution in [0.25, 0.3) is 0 Å². The fraction of sp³-hybridized carbons (Fsp3) is 0.750. The molecule has 0 aromatic carbocycles. The summed E-state index contributed by atoms with van der Waals surface area (Å²) in [4.78, 5) is 22.0. The minimum Gasteiger partial charge on any atom is -0.352 e. The van der Waals surface area contributed by atoms with Gasteiger partial charge in [0, 0.05) is 18.7 Å². The first-order valence-electron chi connectivity index (χ1n) is 4.15. The van der Waals surface area contributed by atoms with Gasteiger partial charge in [0.25, 0.3) is 0 Å². The number of thiol groups is 1. The van der Waals surface area contributed by atoms with Crippen molar-refractivity contribution in [3.8, 4) is 0 Å². The van der Waals surface area contributed by atoms with Gasteiger partial charge in [0.05, 0.1) is 0 Å². The minimum atomic E-state index is -0.539. The van der Waals surface area contributed by atoms with E-state index >= 15 is 0 Å². The van der Waals surface area contributed by atoms with Crippen LogP contribution in [0.2, 0.25) is 0 Å². The van der Waals surface area contributed by atoms with Crippen molar-refractivity contribution in [1.82, 2.24) is 10.6 Å². The minimum absolute atomic E-state index is 0.0728. The van der Waals surface area contributed by atoms with Gasteiger partial charge >= 0.3 is 0 Å². The van der Waals surface area contributed by atoms with Gasteiger partial charge in [0.15, 0.2) is 0 Å². The molecule has 0 rings (SSSR count). The van der Waals surface area contributed by atoms with Gasteiger partial charge in [-0.15, -0.1) is 0 Å². The van der Waals surface area contributed by atoms with E-state index in [1.165, 1.54) is 6.92 Å². The van der Waals surface area contributed by atoms with Crippen LogP contribution < -0.4 is 10.6 Å². The van der Waals surface area contributed by atoms with Gasteiger partial charge in [-0.05, 0) is 13.8 Å². The van der Waals surface area contributed by atoms with Crippen molar-refractivity contribution in [1.29, 1.82) is 0 Å². The molecule has 0 fully saturated rings. The van der Waals surface area contributed by atoms with E-state index in [4.69, 9.17) is 0 Å². The highest BCUT2D eigenvalue weighted by molar-refractivity contribution is 7.80. The Balaban J connectivity index is 4.07. The third-order valence-electron chi connectivity index (χ3n) is 1.31. The first-order chi connectivity index (χ1) is 5.97. The van der Waals surface area contributed by atoms with Crippen LogP contribution in [0, 0.1) is 0 Å². The summed E-state index contributed by atoms with van der Waals surface area (Å²) in [6.45, 7) is 5.10. The second-order valence-corrected chi connectivity index (χ2v) is 3.46. The molecule has 0 bridgehead atoms. The topological polar surface area (TPSA) is 58.2 Å². The maximum absolute atomic E-state index is 11.3. The smallest absolute Gasteiger partial charge is 0.243 e. The van der Waals surface area contributed by atoms with Crippen LogP contribution in [-0.4, -0.2) is 29.7 Å². The molecule has 0 radical (unpaired) electrons. The Morgan fingerprint density at radius 1 is 1.31 bits per heavy atom. The number of amides is 2. The lowest BCUT2D eigenvalue weighted by atomic mass is 10.3. The Morgan fingerprint density at radius 3 is 2.15 bits per heavy atom. The summed E-state index contributed by atoms with van der Waals surface area (Å²) < 4.78 is 0. The van der Waals surface area contributed by atoms with Crippen molar-refractivity contribution in [3.63, 3.8) is 0 Å². The standard InChI is InChI=1S/C8H16N2O2S/c1-5(2)9-8(12)7(4-13)10-6(3)11/h5,7,13H,4H2,1-3H3,(H,9,12)(H,10,11). The normalized spacial score (nSPS) is 12.4. The zero-order chi connectivity index (χ0) is 10.4. The second-order valence-electron chi connectivity index (χ2n) is 3.10. The van der Waals surface area contributed by atoms with Crippen molar-refractivity contribution >= 4 is 24.4 Å². The van der Waals surface area contributed by atoms with Crippen molar-refractivity contribution < 1.29 is 9.59 Å². The Hall–Kier alpha value is -0.710. The van der Waals surface area contributed by atoms with Gasteiger partial charge in [0.2, 0.25) is 11.8 Å². The van der Waals surface area contributed by atoms with Crippen LogP contribution in [0.4, 0.5) is 0 Å². The van der Waals surface area contributed by atoms with E-state index in [0.29, 0.717) is 5.75 Å². The molecule has 1 atom stereocenters. The lowest BCUT2D eigenvalue weighted by Gasteiger charge is -2.16. The zero-order valence-electron chi connectivity index (χ0n) is 8.13. The predicted octanol–water partition coefficient (Wildman–Crippen LogP) is -0.0545. The third kappa shape index (κ3) is 5.52. The van der Waals surface area contributed by atoms with E-state index in [2.05, 4.69) is 23.3 Å². The molecule has 0 aliphatic heterocycles. The second kappa shape index (κ2) is 5.85. The molecule has 0 saturated heterocycles. The average molecular weight is 204 g/mol. The van der Waals surface area contributed by atoms with Gasteiger partial charge in [-0.3, -0.25) is 9.59 Å². The molecule has 5 heteroatoms. The van der Waals surface area contributed by atoms with Gasteiger partial charge < -0.3 is 10.6 Å².